The molecular formula is C17H28. The molecule has 0 radical (unpaired) electrons. The minimum absolute atomic E-state index is 1.12. The molecule has 0 aromatic heterocycles. The predicted molar refractivity (Wildman–Crippen MR) is 80.5 cm³/mol. The summed E-state index contributed by atoms with van der Waals surface area (Å²) in [6, 6.07) is 6.63. The fraction of sp³-hybridized carbons (Fsp3) is 0.529. The Morgan fingerprint density at radius 2 is 1.82 bits per heavy atom. The second-order valence-electron chi connectivity index (χ2n) is 4.03. The smallest absolute Gasteiger partial charge is 0.0166 e. The minimum Gasteiger partial charge on any atom is -0.0838 e. The predicted octanol–water partition coefficient (Wildman–Crippen LogP) is 5.79. The molecule has 1 aromatic rings. The molecule has 0 aliphatic heterocycles. The van der Waals surface area contributed by atoms with Crippen LogP contribution in [0.2, 0.25) is 0 Å². The summed E-state index contributed by atoms with van der Waals surface area (Å²) >= 11 is 0. The standard InChI is InChI=1S/C15H22.C2H6/c1-5-9-13(6-2)15-12(4)10-8-11-14(15)7-3;1-2/h6,8,10-11H,5,7,9H2,1-4H3;1-2H3/b13-6-;. The first-order valence-corrected chi connectivity index (χ1v) is 6.98. The van der Waals surface area contributed by atoms with E-state index < -0.39 is 0 Å². The van der Waals surface area contributed by atoms with E-state index in [-0.39, 0.29) is 0 Å². The monoisotopic (exact) mass is 232 g/mol. The topological polar surface area (TPSA) is 0 Å². The maximum Gasteiger partial charge on any atom is -0.0166 e. The first-order chi connectivity index (χ1) is 8.24. The van der Waals surface area contributed by atoms with Crippen LogP contribution in [0.15, 0.2) is 24.3 Å². The molecule has 0 aliphatic rings. The van der Waals surface area contributed by atoms with Crippen LogP contribution in [0.5, 0.6) is 0 Å². The van der Waals surface area contributed by atoms with Crippen LogP contribution < -0.4 is 0 Å². The first kappa shape index (κ1) is 16.0. The Hall–Kier alpha value is -1.04. The molecule has 0 saturated heterocycles. The fourth-order valence-electron chi connectivity index (χ4n) is 2.17. The van der Waals surface area contributed by atoms with Crippen molar-refractivity contribution < 1.29 is 0 Å². The first-order valence-electron chi connectivity index (χ1n) is 6.98. The fourth-order valence-corrected chi connectivity index (χ4v) is 2.17. The van der Waals surface area contributed by atoms with Crippen molar-refractivity contribution in [3.05, 3.63) is 41.0 Å². The molecule has 0 heterocycles. The maximum absolute atomic E-state index is 2.27. The molecule has 0 amide bonds. The second-order valence-corrected chi connectivity index (χ2v) is 4.03. The van der Waals surface area contributed by atoms with Gasteiger partial charge < -0.3 is 0 Å². The van der Waals surface area contributed by atoms with E-state index in [1.54, 1.807) is 0 Å². The van der Waals surface area contributed by atoms with Gasteiger partial charge in [-0.2, -0.15) is 0 Å². The zero-order valence-corrected chi connectivity index (χ0v) is 12.4. The van der Waals surface area contributed by atoms with Gasteiger partial charge in [-0.15, -0.1) is 0 Å². The van der Waals surface area contributed by atoms with E-state index in [9.17, 15) is 0 Å². The van der Waals surface area contributed by atoms with Crippen LogP contribution in [-0.2, 0) is 6.42 Å². The highest BCUT2D eigenvalue weighted by Crippen LogP contribution is 2.27. The zero-order valence-electron chi connectivity index (χ0n) is 12.4. The number of rotatable bonds is 4. The number of hydrogen-bond donors (Lipinski definition) is 0. The van der Waals surface area contributed by atoms with Gasteiger partial charge >= 0.3 is 0 Å². The van der Waals surface area contributed by atoms with Crippen molar-refractivity contribution in [2.75, 3.05) is 0 Å². The van der Waals surface area contributed by atoms with Crippen molar-refractivity contribution in [2.24, 2.45) is 0 Å². The van der Waals surface area contributed by atoms with Gasteiger partial charge in [0.2, 0.25) is 0 Å². The van der Waals surface area contributed by atoms with E-state index in [0.717, 1.165) is 6.42 Å². The lowest BCUT2D eigenvalue weighted by Crippen LogP contribution is -1.95. The van der Waals surface area contributed by atoms with Gasteiger partial charge in [-0.1, -0.05) is 58.4 Å². The summed E-state index contributed by atoms with van der Waals surface area (Å²) < 4.78 is 0. The van der Waals surface area contributed by atoms with Gasteiger partial charge in [0.15, 0.2) is 0 Å². The summed E-state index contributed by atoms with van der Waals surface area (Å²) in [5.74, 6) is 0. The van der Waals surface area contributed by atoms with Crippen molar-refractivity contribution in [1.82, 2.24) is 0 Å². The van der Waals surface area contributed by atoms with Gasteiger partial charge in [-0.3, -0.25) is 0 Å². The quantitative estimate of drug-likeness (QED) is 0.616. The highest BCUT2D eigenvalue weighted by atomic mass is 14.1. The Bertz CT molecular complexity index is 345. The van der Waals surface area contributed by atoms with Gasteiger partial charge in [0, 0.05) is 0 Å². The van der Waals surface area contributed by atoms with E-state index in [4.69, 9.17) is 0 Å². The molecule has 0 N–H and O–H groups in total. The van der Waals surface area contributed by atoms with Gasteiger partial charge in [0.05, 0.1) is 0 Å². The molecule has 17 heavy (non-hydrogen) atoms. The average molecular weight is 232 g/mol. The van der Waals surface area contributed by atoms with Crippen LogP contribution in [0.1, 0.15) is 64.2 Å². The van der Waals surface area contributed by atoms with Crippen LogP contribution in [0, 0.1) is 6.92 Å². The van der Waals surface area contributed by atoms with Crippen molar-refractivity contribution >= 4 is 5.57 Å². The molecule has 0 nitrogen and oxygen atoms in total. The SMILES string of the molecule is C/C=C(/CCC)c1c(C)cccc1CC.CC. The van der Waals surface area contributed by atoms with Gasteiger partial charge in [0.25, 0.3) is 0 Å². The van der Waals surface area contributed by atoms with E-state index in [1.165, 1.54) is 35.1 Å². The number of hydrogen-bond acceptors (Lipinski definition) is 0. The number of aryl methyl sites for hydroxylation is 2. The van der Waals surface area contributed by atoms with E-state index >= 15 is 0 Å². The van der Waals surface area contributed by atoms with Crippen LogP contribution in [0.4, 0.5) is 0 Å². The van der Waals surface area contributed by atoms with Crippen LogP contribution >= 0.6 is 0 Å². The van der Waals surface area contributed by atoms with Gasteiger partial charge in [0.1, 0.15) is 0 Å². The second kappa shape index (κ2) is 9.04. The van der Waals surface area contributed by atoms with Crippen molar-refractivity contribution in [2.45, 2.75) is 60.8 Å². The Morgan fingerprint density at radius 1 is 1.18 bits per heavy atom. The molecule has 0 unspecified atom stereocenters. The lowest BCUT2D eigenvalue weighted by Gasteiger charge is -2.14. The van der Waals surface area contributed by atoms with Crippen molar-refractivity contribution in [1.29, 1.82) is 0 Å². The van der Waals surface area contributed by atoms with Crippen molar-refractivity contribution in [3.63, 3.8) is 0 Å². The molecular weight excluding hydrogens is 204 g/mol. The lowest BCUT2D eigenvalue weighted by molar-refractivity contribution is 0.964. The zero-order chi connectivity index (χ0) is 13.3. The molecule has 0 spiro atoms. The summed E-state index contributed by atoms with van der Waals surface area (Å²) in [7, 11) is 0. The van der Waals surface area contributed by atoms with Crippen LogP contribution in [0.3, 0.4) is 0 Å². The molecule has 0 fully saturated rings. The van der Waals surface area contributed by atoms with E-state index in [1.807, 2.05) is 13.8 Å². The largest absolute Gasteiger partial charge is 0.0838 e. The summed E-state index contributed by atoms with van der Waals surface area (Å²) in [5, 5.41) is 0. The molecule has 0 saturated carbocycles. The third-order valence-electron chi connectivity index (χ3n) is 2.93. The van der Waals surface area contributed by atoms with E-state index in [2.05, 4.69) is 52.0 Å². The molecule has 0 aliphatic carbocycles. The Labute approximate surface area is 108 Å². The molecule has 0 bridgehead atoms. The van der Waals surface area contributed by atoms with Gasteiger partial charge in [-0.05, 0) is 49.0 Å². The normalized spacial score (nSPS) is 10.8. The molecule has 0 atom stereocenters. The summed E-state index contributed by atoms with van der Waals surface area (Å²) in [6.07, 6.45) is 5.80. The Kier molecular flexibility index (Phi) is 8.49. The maximum atomic E-state index is 2.27. The molecule has 1 aromatic carbocycles. The summed E-state index contributed by atoms with van der Waals surface area (Å²) in [5.41, 5.74) is 5.89. The lowest BCUT2D eigenvalue weighted by atomic mass is 9.91. The minimum atomic E-state index is 1.12. The third kappa shape index (κ3) is 4.38. The number of allylic oxidation sites excluding steroid dienone is 2. The molecule has 96 valence electrons. The third-order valence-corrected chi connectivity index (χ3v) is 2.93. The van der Waals surface area contributed by atoms with Crippen molar-refractivity contribution in [3.8, 4) is 0 Å². The molecule has 0 heteroatoms. The Balaban J connectivity index is 0.00000121. The van der Waals surface area contributed by atoms with Crippen LogP contribution in [0.25, 0.3) is 5.57 Å². The summed E-state index contributed by atoms with van der Waals surface area (Å²) in [6.45, 7) is 12.8. The average Bonchev–Trinajstić information content (AvgIpc) is 2.38. The molecule has 1 rings (SSSR count). The summed E-state index contributed by atoms with van der Waals surface area (Å²) in [4.78, 5) is 0. The number of benzene rings is 1. The van der Waals surface area contributed by atoms with Gasteiger partial charge in [-0.25, -0.2) is 0 Å². The van der Waals surface area contributed by atoms with Crippen LogP contribution in [-0.4, -0.2) is 0 Å². The highest BCUT2D eigenvalue weighted by molar-refractivity contribution is 5.70. The van der Waals surface area contributed by atoms with E-state index in [0.29, 0.717) is 0 Å². The Morgan fingerprint density at radius 3 is 2.29 bits per heavy atom. The highest BCUT2D eigenvalue weighted by Gasteiger charge is 2.07.